The van der Waals surface area contributed by atoms with E-state index < -0.39 is 49.3 Å². The second-order valence-electron chi connectivity index (χ2n) is 6.51. The highest BCUT2D eigenvalue weighted by atomic mass is 16.5. The van der Waals surface area contributed by atoms with Gasteiger partial charge in [0, 0.05) is 0 Å². The van der Waals surface area contributed by atoms with E-state index in [1.807, 2.05) is 0 Å². The third-order valence-corrected chi connectivity index (χ3v) is 5.07. The van der Waals surface area contributed by atoms with Crippen LogP contribution < -0.4 is 0 Å². The second-order valence-corrected chi connectivity index (χ2v) is 6.51. The lowest BCUT2D eigenvalue weighted by atomic mass is 9.60. The number of phenolic OH excluding ortho intramolecular Hbond substituents is 1. The predicted octanol–water partition coefficient (Wildman–Crippen LogP) is 0.0435. The summed E-state index contributed by atoms with van der Waals surface area (Å²) in [6, 6.07) is 5.85. The first-order valence-corrected chi connectivity index (χ1v) is 7.91. The molecule has 0 radical (unpaired) electrons. The third-order valence-electron chi connectivity index (χ3n) is 5.07. The molecular formula is C17H24O7. The van der Waals surface area contributed by atoms with Crippen molar-refractivity contribution in [2.24, 2.45) is 10.8 Å². The largest absolute Gasteiger partial charge is 0.507 e. The highest BCUT2D eigenvalue weighted by Crippen LogP contribution is 2.48. The topological polar surface area (TPSA) is 127 Å². The molecule has 0 aliphatic heterocycles. The number of carbonyl (C=O) groups is 1. The van der Waals surface area contributed by atoms with E-state index in [1.165, 1.54) is 12.1 Å². The van der Waals surface area contributed by atoms with Gasteiger partial charge in [-0.3, -0.25) is 0 Å². The Kier molecular flexibility index (Phi) is 5.82. The lowest BCUT2D eigenvalue weighted by Gasteiger charge is -2.51. The Morgan fingerprint density at radius 2 is 1.50 bits per heavy atom. The van der Waals surface area contributed by atoms with Crippen molar-refractivity contribution in [3.8, 4) is 5.75 Å². The number of ether oxygens (including phenoxy) is 1. The van der Waals surface area contributed by atoms with E-state index in [1.54, 1.807) is 12.1 Å². The number of phenols is 1. The van der Waals surface area contributed by atoms with Gasteiger partial charge in [-0.2, -0.15) is 0 Å². The summed E-state index contributed by atoms with van der Waals surface area (Å²) in [6.45, 7) is -1.82. The van der Waals surface area contributed by atoms with Crippen LogP contribution in [0.4, 0.5) is 0 Å². The molecule has 1 fully saturated rings. The smallest absolute Gasteiger partial charge is 0.342 e. The van der Waals surface area contributed by atoms with Crippen LogP contribution in [0.15, 0.2) is 24.3 Å². The van der Waals surface area contributed by atoms with Gasteiger partial charge in [-0.15, -0.1) is 0 Å². The number of hydrogen-bond donors (Lipinski definition) is 5. The summed E-state index contributed by atoms with van der Waals surface area (Å²) in [5.74, 6) is -1.09. The fourth-order valence-corrected chi connectivity index (χ4v) is 3.52. The molecule has 1 aromatic rings. The molecule has 0 amide bonds. The van der Waals surface area contributed by atoms with Gasteiger partial charge in [-0.25, -0.2) is 4.79 Å². The Bertz CT molecular complexity index is 544. The average Bonchev–Trinajstić information content (AvgIpc) is 2.62. The lowest BCUT2D eigenvalue weighted by molar-refractivity contribution is -0.175. The van der Waals surface area contributed by atoms with Crippen LogP contribution in [-0.2, 0) is 4.74 Å². The number of aliphatic hydroxyl groups is 4. The summed E-state index contributed by atoms with van der Waals surface area (Å²) in [5.41, 5.74) is -2.38. The molecule has 1 saturated carbocycles. The molecule has 1 aromatic carbocycles. The van der Waals surface area contributed by atoms with E-state index >= 15 is 0 Å². The Labute approximate surface area is 140 Å². The van der Waals surface area contributed by atoms with Gasteiger partial charge in [0.1, 0.15) is 17.4 Å². The van der Waals surface area contributed by atoms with Gasteiger partial charge in [0.15, 0.2) is 0 Å². The standard InChI is InChI=1S/C17H24O7/c18-8-16(9-19)6-3-7-17(10-20,11-21)15(16)24-14(23)12-4-1-2-5-13(12)22/h1-2,4-5,15,18-22H,3,6-11H2. The number of aromatic hydroxyl groups is 1. The van der Waals surface area contributed by atoms with Gasteiger partial charge in [0.2, 0.25) is 0 Å². The van der Waals surface area contributed by atoms with E-state index in [2.05, 4.69) is 0 Å². The van der Waals surface area contributed by atoms with E-state index in [-0.39, 0.29) is 11.3 Å². The molecule has 0 unspecified atom stereocenters. The lowest BCUT2D eigenvalue weighted by Crippen LogP contribution is -2.59. The fourth-order valence-electron chi connectivity index (χ4n) is 3.52. The first kappa shape index (κ1) is 18.7. The maximum atomic E-state index is 12.5. The Balaban J connectivity index is 2.39. The number of aliphatic hydroxyl groups excluding tert-OH is 4. The van der Waals surface area contributed by atoms with Crippen molar-refractivity contribution in [1.82, 2.24) is 0 Å². The molecule has 0 aromatic heterocycles. The number of esters is 1. The van der Waals surface area contributed by atoms with Crippen LogP contribution in [0.1, 0.15) is 29.6 Å². The highest BCUT2D eigenvalue weighted by molar-refractivity contribution is 5.92. The first-order valence-electron chi connectivity index (χ1n) is 7.91. The summed E-state index contributed by atoms with van der Waals surface area (Å²) in [7, 11) is 0. The summed E-state index contributed by atoms with van der Waals surface area (Å²) in [5, 5.41) is 49.0. The van der Waals surface area contributed by atoms with Crippen LogP contribution in [0.3, 0.4) is 0 Å². The molecule has 2 rings (SSSR count). The van der Waals surface area contributed by atoms with Gasteiger partial charge in [0.25, 0.3) is 0 Å². The van der Waals surface area contributed by atoms with Crippen LogP contribution in [0, 0.1) is 10.8 Å². The number of benzene rings is 1. The Morgan fingerprint density at radius 3 is 1.96 bits per heavy atom. The Morgan fingerprint density at radius 1 is 1.00 bits per heavy atom. The van der Waals surface area contributed by atoms with Crippen molar-refractivity contribution in [3.05, 3.63) is 29.8 Å². The third kappa shape index (κ3) is 3.12. The van der Waals surface area contributed by atoms with Crippen LogP contribution in [0.5, 0.6) is 5.75 Å². The summed E-state index contributed by atoms with van der Waals surface area (Å²) >= 11 is 0. The molecule has 24 heavy (non-hydrogen) atoms. The van der Waals surface area contributed by atoms with Crippen molar-refractivity contribution < 1.29 is 35.1 Å². The maximum absolute atomic E-state index is 12.5. The van der Waals surface area contributed by atoms with Crippen molar-refractivity contribution >= 4 is 5.97 Å². The van der Waals surface area contributed by atoms with Crippen molar-refractivity contribution in [2.75, 3.05) is 26.4 Å². The van der Waals surface area contributed by atoms with E-state index in [9.17, 15) is 30.3 Å². The number of rotatable bonds is 6. The van der Waals surface area contributed by atoms with Gasteiger partial charge in [-0.05, 0) is 25.0 Å². The van der Waals surface area contributed by atoms with Crippen molar-refractivity contribution in [3.63, 3.8) is 0 Å². The maximum Gasteiger partial charge on any atom is 0.342 e. The first-order chi connectivity index (χ1) is 11.5. The number of para-hydroxylation sites is 1. The second kappa shape index (κ2) is 7.48. The molecule has 1 aliphatic carbocycles. The quantitative estimate of drug-likeness (QED) is 0.463. The van der Waals surface area contributed by atoms with E-state index in [0.717, 1.165) is 0 Å². The normalized spacial score (nSPS) is 19.8. The molecule has 1 aliphatic rings. The minimum atomic E-state index is -1.16. The molecule has 0 bridgehead atoms. The summed E-state index contributed by atoms with van der Waals surface area (Å²) in [6.07, 6.45) is 0.254. The minimum absolute atomic E-state index is 0.0577. The molecule has 0 heterocycles. The SMILES string of the molecule is O=C(OC1C(CO)(CO)CCCC1(CO)CO)c1ccccc1O. The van der Waals surface area contributed by atoms with Crippen molar-refractivity contribution in [2.45, 2.75) is 25.4 Å². The number of carbonyl (C=O) groups excluding carboxylic acids is 1. The van der Waals surface area contributed by atoms with E-state index in [4.69, 9.17) is 4.74 Å². The monoisotopic (exact) mass is 340 g/mol. The molecule has 7 nitrogen and oxygen atoms in total. The molecule has 7 heteroatoms. The van der Waals surface area contributed by atoms with Gasteiger partial charge >= 0.3 is 5.97 Å². The van der Waals surface area contributed by atoms with Crippen LogP contribution in [0.25, 0.3) is 0 Å². The van der Waals surface area contributed by atoms with Gasteiger partial charge < -0.3 is 30.3 Å². The Hall–Kier alpha value is -1.67. The van der Waals surface area contributed by atoms with Gasteiger partial charge in [0.05, 0.1) is 37.3 Å². The number of hydrogen-bond acceptors (Lipinski definition) is 7. The molecular weight excluding hydrogens is 316 g/mol. The molecule has 0 spiro atoms. The molecule has 0 saturated heterocycles. The van der Waals surface area contributed by atoms with Gasteiger partial charge in [-0.1, -0.05) is 18.6 Å². The summed E-state index contributed by atoms with van der Waals surface area (Å²) in [4.78, 5) is 12.5. The highest BCUT2D eigenvalue weighted by Gasteiger charge is 2.55. The van der Waals surface area contributed by atoms with Crippen LogP contribution >= 0.6 is 0 Å². The average molecular weight is 340 g/mol. The molecule has 5 N–H and O–H groups in total. The zero-order valence-corrected chi connectivity index (χ0v) is 13.4. The van der Waals surface area contributed by atoms with E-state index in [0.29, 0.717) is 19.3 Å². The minimum Gasteiger partial charge on any atom is -0.507 e. The van der Waals surface area contributed by atoms with Crippen molar-refractivity contribution in [1.29, 1.82) is 0 Å². The fraction of sp³-hybridized carbons (Fsp3) is 0.588. The van der Waals surface area contributed by atoms with Crippen LogP contribution in [0.2, 0.25) is 0 Å². The summed E-state index contributed by atoms with van der Waals surface area (Å²) < 4.78 is 5.51. The zero-order valence-electron chi connectivity index (χ0n) is 13.4. The zero-order chi connectivity index (χ0) is 17.8. The molecule has 0 atom stereocenters. The van der Waals surface area contributed by atoms with Crippen LogP contribution in [-0.4, -0.2) is 64.0 Å². The molecule has 134 valence electrons. The predicted molar refractivity (Wildman–Crippen MR) is 84.4 cm³/mol.